The minimum Gasteiger partial charge on any atom is -0.329 e. The molecule has 0 aromatic rings. The van der Waals surface area contributed by atoms with Crippen molar-refractivity contribution in [2.45, 2.75) is 18.1 Å². The van der Waals surface area contributed by atoms with Crippen molar-refractivity contribution >= 4 is 18.0 Å². The van der Waals surface area contributed by atoms with Crippen LogP contribution in [0.4, 0.5) is 22.8 Å². The third-order valence-corrected chi connectivity index (χ3v) is 3.01. The van der Waals surface area contributed by atoms with Crippen molar-refractivity contribution in [3.8, 4) is 0 Å². The summed E-state index contributed by atoms with van der Waals surface area (Å²) in [4.78, 5) is 35.2. The summed E-state index contributed by atoms with van der Waals surface area (Å²) in [6.07, 6.45) is -4.32. The van der Waals surface area contributed by atoms with E-state index in [2.05, 4.69) is 5.32 Å². The van der Waals surface area contributed by atoms with E-state index in [-0.39, 0.29) is 19.5 Å². The second kappa shape index (κ2) is 4.28. The van der Waals surface area contributed by atoms with E-state index in [1.165, 1.54) is 0 Å². The summed E-state index contributed by atoms with van der Waals surface area (Å²) in [7, 11) is 0. The smallest absolute Gasteiger partial charge is 0.329 e. The molecule has 2 saturated heterocycles. The number of hydrogen-bond acceptors (Lipinski definition) is 3. The average molecular weight is 280 g/mol. The largest absolute Gasteiger partial charge is 0.405 e. The zero-order chi connectivity index (χ0) is 14.3. The highest BCUT2D eigenvalue weighted by Crippen LogP contribution is 2.24. The lowest BCUT2D eigenvalue weighted by Crippen LogP contribution is -2.51. The molecule has 19 heavy (non-hydrogen) atoms. The number of urea groups is 2. The van der Waals surface area contributed by atoms with Gasteiger partial charge in [-0.1, -0.05) is 0 Å². The van der Waals surface area contributed by atoms with Gasteiger partial charge in [-0.2, -0.15) is 13.2 Å². The zero-order valence-electron chi connectivity index (χ0n) is 9.63. The molecular weight excluding hydrogens is 269 g/mol. The van der Waals surface area contributed by atoms with Crippen LogP contribution in [0.15, 0.2) is 0 Å². The number of imide groups is 1. The first-order valence-corrected chi connectivity index (χ1v) is 5.45. The second-order valence-corrected chi connectivity index (χ2v) is 4.44. The van der Waals surface area contributed by atoms with Gasteiger partial charge >= 0.3 is 18.2 Å². The molecule has 2 aliphatic heterocycles. The van der Waals surface area contributed by atoms with Crippen LogP contribution in [0.25, 0.3) is 0 Å². The molecule has 5 amide bonds. The molecule has 7 nitrogen and oxygen atoms in total. The predicted molar refractivity (Wildman–Crippen MR) is 55.0 cm³/mol. The maximum Gasteiger partial charge on any atom is 0.405 e. The number of alkyl halides is 3. The Hall–Kier alpha value is -2.00. The summed E-state index contributed by atoms with van der Waals surface area (Å²) in [6.45, 7) is -1.49. The second-order valence-electron chi connectivity index (χ2n) is 4.44. The fourth-order valence-corrected chi connectivity index (χ4v) is 2.09. The predicted octanol–water partition coefficient (Wildman–Crippen LogP) is -0.458. The van der Waals surface area contributed by atoms with Crippen molar-refractivity contribution in [3.63, 3.8) is 0 Å². The number of hydrogen-bond donors (Lipinski definition) is 3. The Kier molecular flexibility index (Phi) is 3.03. The molecule has 1 unspecified atom stereocenters. The normalized spacial score (nSPS) is 26.6. The van der Waals surface area contributed by atoms with E-state index in [0.717, 1.165) is 4.90 Å². The summed E-state index contributed by atoms with van der Waals surface area (Å²) >= 11 is 0. The third kappa shape index (κ3) is 2.71. The number of rotatable bonds is 1. The van der Waals surface area contributed by atoms with Gasteiger partial charge in [-0.25, -0.2) is 9.59 Å². The molecule has 0 bridgehead atoms. The third-order valence-electron chi connectivity index (χ3n) is 3.01. The fourth-order valence-electron chi connectivity index (χ4n) is 2.09. The van der Waals surface area contributed by atoms with Gasteiger partial charge in [0, 0.05) is 6.54 Å². The van der Waals surface area contributed by atoms with E-state index in [1.54, 1.807) is 5.32 Å². The zero-order valence-corrected chi connectivity index (χ0v) is 9.63. The summed E-state index contributed by atoms with van der Waals surface area (Å²) in [6, 6.07) is -1.58. The number of amides is 5. The molecular formula is C9H11F3N4O3. The standard InChI is InChI=1S/C9H11F3N4O3/c10-9(11,12)3-13-7(19)16-2-1-8(4-16)5(17)14-6(18)15-8/h1-4H2,(H,13,19)(H2,14,15,17,18). The van der Waals surface area contributed by atoms with Crippen LogP contribution < -0.4 is 16.0 Å². The quantitative estimate of drug-likeness (QED) is 0.568. The van der Waals surface area contributed by atoms with Gasteiger partial charge in [0.05, 0.1) is 6.54 Å². The number of halogens is 3. The summed E-state index contributed by atoms with van der Waals surface area (Å²) in [5.74, 6) is -0.566. The topological polar surface area (TPSA) is 90.5 Å². The van der Waals surface area contributed by atoms with E-state index in [9.17, 15) is 27.6 Å². The molecule has 1 spiro atoms. The van der Waals surface area contributed by atoms with Crippen molar-refractivity contribution in [1.82, 2.24) is 20.9 Å². The Bertz CT molecular complexity index is 439. The van der Waals surface area contributed by atoms with Crippen LogP contribution in [0.1, 0.15) is 6.42 Å². The Morgan fingerprint density at radius 2 is 2.11 bits per heavy atom. The highest BCUT2D eigenvalue weighted by Gasteiger charge is 2.51. The Labute approximate surface area is 105 Å². The van der Waals surface area contributed by atoms with E-state index in [4.69, 9.17) is 0 Å². The molecule has 2 rings (SSSR count). The first-order valence-electron chi connectivity index (χ1n) is 5.45. The summed E-state index contributed by atoms with van der Waals surface area (Å²) in [5, 5.41) is 6.15. The molecule has 2 aliphatic rings. The van der Waals surface area contributed by atoms with Crippen molar-refractivity contribution < 1.29 is 27.6 Å². The van der Waals surface area contributed by atoms with E-state index >= 15 is 0 Å². The molecule has 0 aliphatic carbocycles. The van der Waals surface area contributed by atoms with Crippen molar-refractivity contribution in [3.05, 3.63) is 0 Å². The molecule has 2 heterocycles. The lowest BCUT2D eigenvalue weighted by Gasteiger charge is -2.21. The molecule has 106 valence electrons. The average Bonchev–Trinajstić information content (AvgIpc) is 2.81. The van der Waals surface area contributed by atoms with E-state index in [1.807, 2.05) is 5.32 Å². The van der Waals surface area contributed by atoms with Crippen LogP contribution >= 0.6 is 0 Å². The lowest BCUT2D eigenvalue weighted by atomic mass is 10.00. The van der Waals surface area contributed by atoms with Gasteiger partial charge in [0.25, 0.3) is 5.91 Å². The van der Waals surface area contributed by atoms with Crippen molar-refractivity contribution in [1.29, 1.82) is 0 Å². The highest BCUT2D eigenvalue weighted by molar-refractivity contribution is 6.07. The molecule has 3 N–H and O–H groups in total. The number of nitrogens with one attached hydrogen (secondary N) is 3. The van der Waals surface area contributed by atoms with Crippen LogP contribution in [0.3, 0.4) is 0 Å². The Morgan fingerprint density at radius 3 is 2.63 bits per heavy atom. The van der Waals surface area contributed by atoms with Crippen LogP contribution in [0.2, 0.25) is 0 Å². The van der Waals surface area contributed by atoms with Gasteiger partial charge in [-0.3, -0.25) is 10.1 Å². The Morgan fingerprint density at radius 1 is 1.42 bits per heavy atom. The summed E-state index contributed by atoms with van der Waals surface area (Å²) in [5.41, 5.74) is -1.22. The van der Waals surface area contributed by atoms with Gasteiger partial charge in [-0.15, -0.1) is 0 Å². The maximum absolute atomic E-state index is 12.0. The van der Waals surface area contributed by atoms with Gasteiger partial charge < -0.3 is 15.5 Å². The van der Waals surface area contributed by atoms with Crippen LogP contribution in [-0.2, 0) is 4.79 Å². The van der Waals surface area contributed by atoms with Crippen LogP contribution in [-0.4, -0.2) is 54.2 Å². The first kappa shape index (κ1) is 13.4. The lowest BCUT2D eigenvalue weighted by molar-refractivity contribution is -0.124. The van der Waals surface area contributed by atoms with Crippen LogP contribution in [0, 0.1) is 0 Å². The molecule has 0 radical (unpaired) electrons. The molecule has 2 fully saturated rings. The van der Waals surface area contributed by atoms with Gasteiger partial charge in [0.1, 0.15) is 12.1 Å². The van der Waals surface area contributed by atoms with Gasteiger partial charge in [-0.05, 0) is 6.42 Å². The van der Waals surface area contributed by atoms with Gasteiger partial charge in [0.2, 0.25) is 0 Å². The van der Waals surface area contributed by atoms with Gasteiger partial charge in [0.15, 0.2) is 0 Å². The minimum absolute atomic E-state index is 0.0946. The summed E-state index contributed by atoms with van der Waals surface area (Å²) < 4.78 is 35.9. The number of likely N-dealkylation sites (tertiary alicyclic amines) is 1. The van der Waals surface area contributed by atoms with Crippen LogP contribution in [0.5, 0.6) is 0 Å². The molecule has 1 atom stereocenters. The maximum atomic E-state index is 12.0. The number of nitrogens with zero attached hydrogens (tertiary/aromatic N) is 1. The fraction of sp³-hybridized carbons (Fsp3) is 0.667. The highest BCUT2D eigenvalue weighted by atomic mass is 19.4. The number of carbonyl (C=O) groups excluding carboxylic acids is 3. The Balaban J connectivity index is 1.93. The first-order chi connectivity index (χ1) is 8.72. The minimum atomic E-state index is -4.49. The monoisotopic (exact) mass is 280 g/mol. The molecule has 0 aromatic heterocycles. The van der Waals surface area contributed by atoms with E-state index in [0.29, 0.717) is 0 Å². The molecule has 0 aromatic carbocycles. The van der Waals surface area contributed by atoms with Crippen molar-refractivity contribution in [2.75, 3.05) is 19.6 Å². The molecule has 0 saturated carbocycles. The van der Waals surface area contributed by atoms with Crippen molar-refractivity contribution in [2.24, 2.45) is 0 Å². The number of carbonyl (C=O) groups is 3. The van der Waals surface area contributed by atoms with E-state index < -0.39 is 36.2 Å². The molecule has 10 heteroatoms. The SMILES string of the molecule is O=C1NC(=O)C2(CCN(C(=O)NCC(F)(F)F)C2)N1.